The Morgan fingerprint density at radius 2 is 2.00 bits per heavy atom. The Morgan fingerprint density at radius 1 is 1.38 bits per heavy atom. The van der Waals surface area contributed by atoms with Gasteiger partial charge in [-0.25, -0.2) is 0 Å². The first-order valence-corrected chi connectivity index (χ1v) is 4.92. The van der Waals surface area contributed by atoms with Gasteiger partial charge >= 0.3 is 0 Å². The van der Waals surface area contributed by atoms with Crippen LogP contribution in [0.2, 0.25) is 0 Å². The summed E-state index contributed by atoms with van der Waals surface area (Å²) in [6.07, 6.45) is 5.44. The van der Waals surface area contributed by atoms with E-state index in [0.717, 1.165) is 12.8 Å². The molecule has 2 heteroatoms. The molecule has 76 valence electrons. The van der Waals surface area contributed by atoms with Crippen LogP contribution in [0.15, 0.2) is 12.2 Å². The number of ether oxygens (including phenoxy) is 1. The molecule has 0 amide bonds. The van der Waals surface area contributed by atoms with Crippen molar-refractivity contribution in [1.82, 2.24) is 0 Å². The summed E-state index contributed by atoms with van der Waals surface area (Å²) in [4.78, 5) is 0. The van der Waals surface area contributed by atoms with E-state index in [2.05, 4.69) is 13.0 Å². The molecule has 13 heavy (non-hydrogen) atoms. The second-order valence-corrected chi connectivity index (χ2v) is 4.57. The number of aliphatic hydroxyl groups is 1. The van der Waals surface area contributed by atoms with Gasteiger partial charge in [0.1, 0.15) is 0 Å². The molecule has 0 radical (unpaired) electrons. The van der Waals surface area contributed by atoms with Crippen LogP contribution < -0.4 is 0 Å². The van der Waals surface area contributed by atoms with E-state index in [9.17, 15) is 5.11 Å². The quantitative estimate of drug-likeness (QED) is 0.633. The van der Waals surface area contributed by atoms with E-state index >= 15 is 0 Å². The molecule has 0 aliphatic carbocycles. The van der Waals surface area contributed by atoms with Crippen molar-refractivity contribution in [1.29, 1.82) is 0 Å². The van der Waals surface area contributed by atoms with Crippen LogP contribution in [-0.2, 0) is 4.74 Å². The van der Waals surface area contributed by atoms with Gasteiger partial charge in [0.05, 0.1) is 17.3 Å². The van der Waals surface area contributed by atoms with E-state index in [1.165, 1.54) is 0 Å². The fourth-order valence-electron chi connectivity index (χ4n) is 1.96. The lowest BCUT2D eigenvalue weighted by atomic mass is 9.85. The normalized spacial score (nSPS) is 39.6. The Balaban J connectivity index is 2.75. The van der Waals surface area contributed by atoms with Crippen LogP contribution in [0.5, 0.6) is 0 Å². The van der Waals surface area contributed by atoms with Gasteiger partial charge in [-0.2, -0.15) is 0 Å². The molecule has 1 aliphatic heterocycles. The first-order valence-electron chi connectivity index (χ1n) is 4.92. The van der Waals surface area contributed by atoms with Gasteiger partial charge in [-0.15, -0.1) is 0 Å². The first-order chi connectivity index (χ1) is 5.90. The summed E-state index contributed by atoms with van der Waals surface area (Å²) in [5.74, 6) is 0. The van der Waals surface area contributed by atoms with Crippen LogP contribution in [0.25, 0.3) is 0 Å². The molecule has 1 fully saturated rings. The Bertz CT molecular complexity index is 208. The summed E-state index contributed by atoms with van der Waals surface area (Å²) in [5, 5.41) is 9.69. The van der Waals surface area contributed by atoms with Crippen molar-refractivity contribution in [2.24, 2.45) is 0 Å². The maximum atomic E-state index is 9.69. The zero-order chi connectivity index (χ0) is 10.1. The molecule has 2 unspecified atom stereocenters. The Hall–Kier alpha value is -0.340. The Kier molecular flexibility index (Phi) is 2.83. The molecule has 0 aromatic carbocycles. The van der Waals surface area contributed by atoms with Gasteiger partial charge in [-0.3, -0.25) is 0 Å². The molecule has 1 aliphatic rings. The molecular formula is C11H20O2. The Morgan fingerprint density at radius 3 is 2.46 bits per heavy atom. The van der Waals surface area contributed by atoms with Gasteiger partial charge in [-0.1, -0.05) is 12.2 Å². The highest BCUT2D eigenvalue weighted by Crippen LogP contribution is 2.35. The molecule has 0 bridgehead atoms. The molecule has 0 aromatic heterocycles. The lowest BCUT2D eigenvalue weighted by Gasteiger charge is -2.45. The molecular weight excluding hydrogens is 164 g/mol. The molecule has 0 spiro atoms. The third-order valence-corrected chi connectivity index (χ3v) is 2.73. The van der Waals surface area contributed by atoms with Gasteiger partial charge in [0.25, 0.3) is 0 Å². The molecule has 1 N–H and O–H groups in total. The van der Waals surface area contributed by atoms with Crippen LogP contribution in [0.3, 0.4) is 0 Å². The summed E-state index contributed by atoms with van der Waals surface area (Å²) in [5.41, 5.74) is -0.621. The lowest BCUT2D eigenvalue weighted by Crippen LogP contribution is -2.51. The third kappa shape index (κ3) is 2.32. The minimum absolute atomic E-state index is 0.197. The summed E-state index contributed by atoms with van der Waals surface area (Å²) in [6.45, 7) is 7.95. The van der Waals surface area contributed by atoms with Crippen molar-refractivity contribution in [3.05, 3.63) is 12.2 Å². The molecule has 2 atom stereocenters. The summed E-state index contributed by atoms with van der Waals surface area (Å²) in [6, 6.07) is 0. The number of hydrogen-bond donors (Lipinski definition) is 1. The molecule has 1 rings (SSSR count). The van der Waals surface area contributed by atoms with Crippen LogP contribution in [0, 0.1) is 0 Å². The van der Waals surface area contributed by atoms with Gasteiger partial charge in [0.2, 0.25) is 0 Å². The fourth-order valence-corrected chi connectivity index (χ4v) is 1.96. The van der Waals surface area contributed by atoms with Crippen LogP contribution in [0.4, 0.5) is 0 Å². The predicted molar refractivity (Wildman–Crippen MR) is 53.6 cm³/mol. The van der Waals surface area contributed by atoms with Crippen LogP contribution in [-0.4, -0.2) is 22.4 Å². The molecule has 0 saturated carbocycles. The van der Waals surface area contributed by atoms with Crippen molar-refractivity contribution in [2.45, 2.75) is 57.8 Å². The average molecular weight is 184 g/mol. The van der Waals surface area contributed by atoms with Crippen molar-refractivity contribution in [3.63, 3.8) is 0 Å². The monoisotopic (exact) mass is 184 g/mol. The van der Waals surface area contributed by atoms with E-state index < -0.39 is 5.60 Å². The topological polar surface area (TPSA) is 29.5 Å². The summed E-state index contributed by atoms with van der Waals surface area (Å²) >= 11 is 0. The van der Waals surface area contributed by atoms with Gasteiger partial charge in [-0.05, 0) is 40.5 Å². The minimum atomic E-state index is -0.424. The van der Waals surface area contributed by atoms with Gasteiger partial charge in [0.15, 0.2) is 0 Å². The van der Waals surface area contributed by atoms with E-state index in [1.54, 1.807) is 0 Å². The largest absolute Gasteiger partial charge is 0.390 e. The zero-order valence-electron chi connectivity index (χ0n) is 9.00. The predicted octanol–water partition coefficient (Wildman–Crippen LogP) is 2.27. The standard InChI is InChI=1S/C11H20O2/c1-5-7-11(4)8-6-9(12)10(2,3)13-11/h5,7,9,12H,6,8H2,1-4H3. The minimum Gasteiger partial charge on any atom is -0.390 e. The number of aliphatic hydroxyl groups excluding tert-OH is 1. The van der Waals surface area contributed by atoms with Crippen molar-refractivity contribution >= 4 is 0 Å². The maximum absolute atomic E-state index is 9.69. The SMILES string of the molecule is CC=CC1(C)CCC(O)C(C)(C)O1. The maximum Gasteiger partial charge on any atom is 0.0895 e. The third-order valence-electron chi connectivity index (χ3n) is 2.73. The van der Waals surface area contributed by atoms with E-state index in [1.807, 2.05) is 26.8 Å². The number of allylic oxidation sites excluding steroid dienone is 1. The highest BCUT2D eigenvalue weighted by atomic mass is 16.5. The molecule has 1 heterocycles. The smallest absolute Gasteiger partial charge is 0.0895 e. The Labute approximate surface area is 80.6 Å². The molecule has 2 nitrogen and oxygen atoms in total. The van der Waals surface area contributed by atoms with Crippen molar-refractivity contribution in [2.75, 3.05) is 0 Å². The van der Waals surface area contributed by atoms with Crippen LogP contribution >= 0.6 is 0 Å². The highest BCUT2D eigenvalue weighted by molar-refractivity contribution is 5.04. The average Bonchev–Trinajstić information content (AvgIpc) is 1.97. The van der Waals surface area contributed by atoms with E-state index in [4.69, 9.17) is 4.74 Å². The van der Waals surface area contributed by atoms with Crippen LogP contribution in [0.1, 0.15) is 40.5 Å². The summed E-state index contributed by atoms with van der Waals surface area (Å²) < 4.78 is 5.88. The molecule has 0 aromatic rings. The zero-order valence-corrected chi connectivity index (χ0v) is 9.00. The fraction of sp³-hybridized carbons (Fsp3) is 0.818. The highest BCUT2D eigenvalue weighted by Gasteiger charge is 2.41. The second kappa shape index (κ2) is 3.43. The van der Waals surface area contributed by atoms with Gasteiger partial charge in [0, 0.05) is 0 Å². The van der Waals surface area contributed by atoms with E-state index in [-0.39, 0.29) is 11.7 Å². The first kappa shape index (κ1) is 10.7. The summed E-state index contributed by atoms with van der Waals surface area (Å²) in [7, 11) is 0. The number of rotatable bonds is 1. The second-order valence-electron chi connectivity index (χ2n) is 4.57. The lowest BCUT2D eigenvalue weighted by molar-refractivity contribution is -0.195. The number of hydrogen-bond acceptors (Lipinski definition) is 2. The van der Waals surface area contributed by atoms with Crippen molar-refractivity contribution in [3.8, 4) is 0 Å². The van der Waals surface area contributed by atoms with Crippen molar-refractivity contribution < 1.29 is 9.84 Å². The van der Waals surface area contributed by atoms with E-state index in [0.29, 0.717) is 0 Å². The molecule has 1 saturated heterocycles. The van der Waals surface area contributed by atoms with Gasteiger partial charge < -0.3 is 9.84 Å².